The largest absolute Gasteiger partial charge is 0.452 e. The third-order valence-corrected chi connectivity index (χ3v) is 3.63. The Labute approximate surface area is 145 Å². The molecular weight excluding hydrogens is 324 g/mol. The number of ether oxygens (including phenoxy) is 2. The first-order valence-corrected chi connectivity index (χ1v) is 7.99. The summed E-state index contributed by atoms with van der Waals surface area (Å²) in [7, 11) is 0. The van der Waals surface area contributed by atoms with Crippen LogP contribution in [0.25, 0.3) is 10.9 Å². The Hall–Kier alpha value is -2.96. The van der Waals surface area contributed by atoms with Gasteiger partial charge in [0.1, 0.15) is 0 Å². The lowest BCUT2D eigenvalue weighted by atomic mass is 10.0. The average Bonchev–Trinajstić information content (AvgIpc) is 2.59. The second-order valence-electron chi connectivity index (χ2n) is 5.27. The Morgan fingerprint density at radius 1 is 1.12 bits per heavy atom. The molecular formula is C18H20N2O5. The van der Waals surface area contributed by atoms with Gasteiger partial charge >= 0.3 is 12.1 Å². The van der Waals surface area contributed by atoms with Crippen molar-refractivity contribution in [3.63, 3.8) is 0 Å². The van der Waals surface area contributed by atoms with Gasteiger partial charge in [0.25, 0.3) is 5.91 Å². The van der Waals surface area contributed by atoms with Gasteiger partial charge in [-0.3, -0.25) is 15.1 Å². The van der Waals surface area contributed by atoms with Gasteiger partial charge in [-0.2, -0.15) is 0 Å². The number of hydrogen-bond donors (Lipinski definition) is 1. The van der Waals surface area contributed by atoms with E-state index in [0.29, 0.717) is 22.9 Å². The van der Waals surface area contributed by atoms with Gasteiger partial charge in [-0.25, -0.2) is 9.59 Å². The molecule has 2 amide bonds. The van der Waals surface area contributed by atoms with Crippen molar-refractivity contribution in [3.8, 4) is 0 Å². The zero-order valence-electron chi connectivity index (χ0n) is 14.4. The molecule has 0 bridgehead atoms. The molecule has 0 saturated carbocycles. The van der Waals surface area contributed by atoms with Gasteiger partial charge in [0, 0.05) is 11.1 Å². The topological polar surface area (TPSA) is 94.6 Å². The van der Waals surface area contributed by atoms with Crippen LogP contribution in [-0.4, -0.2) is 36.2 Å². The Bertz CT molecular complexity index is 816. The Balaban J connectivity index is 2.20. The van der Waals surface area contributed by atoms with E-state index in [1.54, 1.807) is 26.0 Å². The van der Waals surface area contributed by atoms with Gasteiger partial charge in [0.2, 0.25) is 0 Å². The summed E-state index contributed by atoms with van der Waals surface area (Å²) in [5.41, 5.74) is 2.58. The van der Waals surface area contributed by atoms with Crippen LogP contribution in [0.15, 0.2) is 24.3 Å². The SMILES string of the molecule is CCOC(=O)NC(=O)COC(=O)c1c(C)c(CC)nc2ccccc12. The first-order chi connectivity index (χ1) is 12.0. The number of aryl methyl sites for hydroxylation is 1. The summed E-state index contributed by atoms with van der Waals surface area (Å²) >= 11 is 0. The minimum atomic E-state index is -0.873. The summed E-state index contributed by atoms with van der Waals surface area (Å²) in [4.78, 5) is 39.9. The lowest BCUT2D eigenvalue weighted by Crippen LogP contribution is -2.34. The number of alkyl carbamates (subject to hydrolysis) is 1. The highest BCUT2D eigenvalue weighted by molar-refractivity contribution is 6.05. The molecule has 1 aromatic carbocycles. The number of para-hydroxylation sites is 1. The molecule has 0 aliphatic carbocycles. The molecule has 7 nitrogen and oxygen atoms in total. The number of pyridine rings is 1. The van der Waals surface area contributed by atoms with Crippen LogP contribution >= 0.6 is 0 Å². The van der Waals surface area contributed by atoms with E-state index in [1.165, 1.54) is 0 Å². The molecule has 25 heavy (non-hydrogen) atoms. The predicted molar refractivity (Wildman–Crippen MR) is 91.3 cm³/mol. The third kappa shape index (κ3) is 4.32. The Morgan fingerprint density at radius 2 is 1.84 bits per heavy atom. The van der Waals surface area contributed by atoms with E-state index < -0.39 is 24.6 Å². The number of imide groups is 1. The van der Waals surface area contributed by atoms with Crippen molar-refractivity contribution in [2.24, 2.45) is 0 Å². The number of aromatic nitrogens is 1. The Kier molecular flexibility index (Phi) is 6.05. The summed E-state index contributed by atoms with van der Waals surface area (Å²) < 4.78 is 9.66. The highest BCUT2D eigenvalue weighted by atomic mass is 16.6. The lowest BCUT2D eigenvalue weighted by Gasteiger charge is -2.13. The highest BCUT2D eigenvalue weighted by Gasteiger charge is 2.20. The smallest absolute Gasteiger partial charge is 0.413 e. The van der Waals surface area contributed by atoms with Crippen molar-refractivity contribution in [2.45, 2.75) is 27.2 Å². The molecule has 0 unspecified atom stereocenters. The van der Waals surface area contributed by atoms with E-state index in [4.69, 9.17) is 4.74 Å². The fourth-order valence-corrected chi connectivity index (χ4v) is 2.49. The molecule has 0 aliphatic rings. The van der Waals surface area contributed by atoms with Crippen LogP contribution in [-0.2, 0) is 20.7 Å². The van der Waals surface area contributed by atoms with Crippen molar-refractivity contribution in [3.05, 3.63) is 41.1 Å². The standard InChI is InChI=1S/C18H20N2O5/c1-4-13-11(3)16(12-8-6-7-9-14(12)19-13)17(22)25-10-15(21)20-18(23)24-5-2/h6-9H,4-5,10H2,1-3H3,(H,20,21,23). The fraction of sp³-hybridized carbons (Fsp3) is 0.333. The molecule has 0 radical (unpaired) electrons. The van der Waals surface area contributed by atoms with Crippen LogP contribution < -0.4 is 5.32 Å². The second kappa shape index (κ2) is 8.23. The van der Waals surface area contributed by atoms with E-state index in [0.717, 1.165) is 11.3 Å². The van der Waals surface area contributed by atoms with Gasteiger partial charge in [0.15, 0.2) is 6.61 Å². The van der Waals surface area contributed by atoms with Crippen LogP contribution in [0.5, 0.6) is 0 Å². The van der Waals surface area contributed by atoms with Gasteiger partial charge in [0.05, 0.1) is 17.7 Å². The maximum absolute atomic E-state index is 12.5. The maximum atomic E-state index is 12.5. The average molecular weight is 344 g/mol. The number of hydrogen-bond acceptors (Lipinski definition) is 6. The number of esters is 1. The predicted octanol–water partition coefficient (Wildman–Crippen LogP) is 2.54. The number of carbonyl (C=O) groups excluding carboxylic acids is 3. The third-order valence-electron chi connectivity index (χ3n) is 3.63. The lowest BCUT2D eigenvalue weighted by molar-refractivity contribution is -0.123. The van der Waals surface area contributed by atoms with E-state index in [2.05, 4.69) is 9.72 Å². The number of amides is 2. The summed E-state index contributed by atoms with van der Waals surface area (Å²) in [5, 5.41) is 2.63. The number of rotatable bonds is 5. The molecule has 1 N–H and O–H groups in total. The summed E-state index contributed by atoms with van der Waals surface area (Å²) in [6.45, 7) is 4.93. The zero-order valence-corrected chi connectivity index (χ0v) is 14.4. The van der Waals surface area contributed by atoms with Crippen LogP contribution in [0.3, 0.4) is 0 Å². The van der Waals surface area contributed by atoms with Crippen LogP contribution in [0, 0.1) is 6.92 Å². The molecule has 132 valence electrons. The minimum absolute atomic E-state index is 0.140. The number of carbonyl (C=O) groups is 3. The quantitative estimate of drug-likeness (QED) is 0.838. The van der Waals surface area contributed by atoms with Crippen molar-refractivity contribution < 1.29 is 23.9 Å². The second-order valence-corrected chi connectivity index (χ2v) is 5.27. The van der Waals surface area contributed by atoms with E-state index >= 15 is 0 Å². The number of nitrogens with zero attached hydrogens (tertiary/aromatic N) is 1. The highest BCUT2D eigenvalue weighted by Crippen LogP contribution is 2.24. The Morgan fingerprint density at radius 3 is 2.52 bits per heavy atom. The molecule has 1 aromatic heterocycles. The summed E-state index contributed by atoms with van der Waals surface area (Å²) in [5.74, 6) is -1.39. The molecule has 0 atom stereocenters. The number of benzene rings is 1. The monoisotopic (exact) mass is 344 g/mol. The molecule has 0 aliphatic heterocycles. The van der Waals surface area contributed by atoms with Gasteiger partial charge < -0.3 is 9.47 Å². The molecule has 0 fully saturated rings. The molecule has 0 saturated heterocycles. The van der Waals surface area contributed by atoms with Crippen LogP contribution in [0.1, 0.15) is 35.5 Å². The molecule has 1 heterocycles. The maximum Gasteiger partial charge on any atom is 0.413 e. The number of nitrogens with one attached hydrogen (secondary N) is 1. The molecule has 7 heteroatoms. The van der Waals surface area contributed by atoms with Gasteiger partial charge in [-0.05, 0) is 31.9 Å². The van der Waals surface area contributed by atoms with E-state index in [1.807, 2.05) is 24.4 Å². The minimum Gasteiger partial charge on any atom is -0.452 e. The van der Waals surface area contributed by atoms with Crippen molar-refractivity contribution in [1.82, 2.24) is 10.3 Å². The molecule has 0 spiro atoms. The number of fused-ring (bicyclic) bond motifs is 1. The zero-order chi connectivity index (χ0) is 18.4. The van der Waals surface area contributed by atoms with Crippen LogP contribution in [0.4, 0.5) is 4.79 Å². The van der Waals surface area contributed by atoms with Crippen LogP contribution in [0.2, 0.25) is 0 Å². The summed E-state index contributed by atoms with van der Waals surface area (Å²) in [6.07, 6.45) is -0.206. The molecule has 2 aromatic rings. The van der Waals surface area contributed by atoms with Gasteiger partial charge in [-0.15, -0.1) is 0 Å². The first kappa shape index (κ1) is 18.4. The van der Waals surface area contributed by atoms with Crippen molar-refractivity contribution >= 4 is 28.9 Å². The van der Waals surface area contributed by atoms with E-state index in [9.17, 15) is 14.4 Å². The normalized spacial score (nSPS) is 10.4. The van der Waals surface area contributed by atoms with Crippen molar-refractivity contribution in [2.75, 3.05) is 13.2 Å². The van der Waals surface area contributed by atoms with Gasteiger partial charge in [-0.1, -0.05) is 25.1 Å². The van der Waals surface area contributed by atoms with E-state index in [-0.39, 0.29) is 6.61 Å². The first-order valence-electron chi connectivity index (χ1n) is 7.99. The fourth-order valence-electron chi connectivity index (χ4n) is 2.49. The van der Waals surface area contributed by atoms with Crippen molar-refractivity contribution in [1.29, 1.82) is 0 Å². The summed E-state index contributed by atoms with van der Waals surface area (Å²) in [6, 6.07) is 7.24. The molecule has 2 rings (SSSR count).